The van der Waals surface area contributed by atoms with Gasteiger partial charge in [0.25, 0.3) is 0 Å². The molecule has 2 aromatic rings. The molecule has 0 radical (unpaired) electrons. The quantitative estimate of drug-likeness (QED) is 0.902. The zero-order valence-corrected chi connectivity index (χ0v) is 13.6. The zero-order valence-electron chi connectivity index (χ0n) is 10.4. The van der Waals surface area contributed by atoms with Crippen LogP contribution in [0.1, 0.15) is 21.6 Å². The van der Waals surface area contributed by atoms with Crippen molar-refractivity contribution < 1.29 is 0 Å². The summed E-state index contributed by atoms with van der Waals surface area (Å²) in [6.07, 6.45) is 0. The van der Waals surface area contributed by atoms with Crippen molar-refractivity contribution in [2.45, 2.75) is 19.5 Å². The molecule has 0 fully saturated rings. The Bertz CT molecular complexity index is 509. The lowest BCUT2D eigenvalue weighted by molar-refractivity contribution is 0.243. The molecule has 0 aliphatic carbocycles. The van der Waals surface area contributed by atoms with Crippen LogP contribution < -0.4 is 5.73 Å². The summed E-state index contributed by atoms with van der Waals surface area (Å²) in [6, 6.07) is 4.46. The third kappa shape index (κ3) is 3.39. The minimum absolute atomic E-state index is 0.253. The number of rotatable bonds is 5. The van der Waals surface area contributed by atoms with Crippen molar-refractivity contribution in [1.82, 2.24) is 9.88 Å². The molecule has 0 amide bonds. The fourth-order valence-corrected chi connectivity index (χ4v) is 4.07. The molecule has 18 heavy (non-hydrogen) atoms. The van der Waals surface area contributed by atoms with Crippen LogP contribution in [0.4, 0.5) is 0 Å². The Morgan fingerprint density at radius 1 is 1.50 bits per heavy atom. The van der Waals surface area contributed by atoms with Gasteiger partial charge in [-0.3, -0.25) is 4.90 Å². The van der Waals surface area contributed by atoms with Crippen LogP contribution in [-0.2, 0) is 6.54 Å². The van der Waals surface area contributed by atoms with Gasteiger partial charge in [0, 0.05) is 23.3 Å². The van der Waals surface area contributed by atoms with Crippen LogP contribution >= 0.6 is 38.6 Å². The SMILES string of the molecule is Cc1nc(CN(C)C(CN)c2ccc(Br)s2)cs1. The molecule has 2 aromatic heterocycles. The van der Waals surface area contributed by atoms with Gasteiger partial charge in [0.05, 0.1) is 20.5 Å². The molecule has 0 saturated heterocycles. The molecule has 98 valence electrons. The third-order valence-corrected chi connectivity index (χ3v) is 5.30. The van der Waals surface area contributed by atoms with Crippen LogP contribution in [-0.4, -0.2) is 23.5 Å². The summed E-state index contributed by atoms with van der Waals surface area (Å²) in [7, 11) is 2.10. The van der Waals surface area contributed by atoms with Crippen molar-refractivity contribution in [2.75, 3.05) is 13.6 Å². The van der Waals surface area contributed by atoms with Crippen LogP contribution in [0, 0.1) is 6.92 Å². The molecule has 1 atom stereocenters. The standard InChI is InChI=1S/C12H16BrN3S2/c1-8-15-9(7-17-8)6-16(2)10(5-14)11-3-4-12(13)18-11/h3-4,7,10H,5-6,14H2,1-2H3. The van der Waals surface area contributed by atoms with Gasteiger partial charge in [0.15, 0.2) is 0 Å². The van der Waals surface area contributed by atoms with Gasteiger partial charge in [-0.2, -0.15) is 0 Å². The number of likely N-dealkylation sites (N-methyl/N-ethyl adjacent to an activating group) is 1. The van der Waals surface area contributed by atoms with Gasteiger partial charge in [0.2, 0.25) is 0 Å². The molecule has 1 unspecified atom stereocenters. The Labute approximate surface area is 124 Å². The minimum atomic E-state index is 0.253. The second-order valence-electron chi connectivity index (χ2n) is 4.17. The molecule has 2 rings (SSSR count). The van der Waals surface area contributed by atoms with Crippen molar-refractivity contribution in [3.63, 3.8) is 0 Å². The molecular formula is C12H16BrN3S2. The average Bonchev–Trinajstić information content (AvgIpc) is 2.89. The Balaban J connectivity index is 2.08. The molecule has 0 bridgehead atoms. The number of nitrogens with two attached hydrogens (primary N) is 1. The summed E-state index contributed by atoms with van der Waals surface area (Å²) in [4.78, 5) is 8.04. The lowest BCUT2D eigenvalue weighted by Gasteiger charge is -2.25. The number of hydrogen-bond donors (Lipinski definition) is 1. The van der Waals surface area contributed by atoms with E-state index in [1.165, 1.54) is 4.88 Å². The second-order valence-corrected chi connectivity index (χ2v) is 7.72. The Hall–Kier alpha value is -0.270. The van der Waals surface area contributed by atoms with Crippen molar-refractivity contribution in [3.05, 3.63) is 36.9 Å². The van der Waals surface area contributed by atoms with E-state index < -0.39 is 0 Å². The lowest BCUT2D eigenvalue weighted by Crippen LogP contribution is -2.29. The van der Waals surface area contributed by atoms with Crippen LogP contribution in [0.25, 0.3) is 0 Å². The molecule has 0 aliphatic rings. The average molecular weight is 346 g/mol. The van der Waals surface area contributed by atoms with Gasteiger partial charge >= 0.3 is 0 Å². The number of hydrogen-bond acceptors (Lipinski definition) is 5. The van der Waals surface area contributed by atoms with Crippen molar-refractivity contribution in [2.24, 2.45) is 5.73 Å². The first kappa shape index (κ1) is 14.1. The Morgan fingerprint density at radius 3 is 2.78 bits per heavy atom. The number of aryl methyl sites for hydroxylation is 1. The first-order valence-corrected chi connectivity index (χ1v) is 8.15. The number of thiophene rings is 1. The topological polar surface area (TPSA) is 42.2 Å². The summed E-state index contributed by atoms with van der Waals surface area (Å²) in [6.45, 7) is 3.49. The van der Waals surface area contributed by atoms with E-state index in [1.807, 2.05) is 6.92 Å². The highest BCUT2D eigenvalue weighted by Crippen LogP contribution is 2.30. The fourth-order valence-electron chi connectivity index (χ4n) is 1.87. The summed E-state index contributed by atoms with van der Waals surface area (Å²) in [5, 5.41) is 3.23. The molecule has 0 aliphatic heterocycles. The maximum absolute atomic E-state index is 5.91. The van der Waals surface area contributed by atoms with E-state index in [-0.39, 0.29) is 6.04 Å². The number of halogens is 1. The fraction of sp³-hybridized carbons (Fsp3) is 0.417. The highest BCUT2D eigenvalue weighted by molar-refractivity contribution is 9.11. The predicted molar refractivity (Wildman–Crippen MR) is 82.1 cm³/mol. The van der Waals surface area contributed by atoms with E-state index >= 15 is 0 Å². The van der Waals surface area contributed by atoms with Crippen LogP contribution in [0.3, 0.4) is 0 Å². The van der Waals surface area contributed by atoms with Gasteiger partial charge in [-0.1, -0.05) is 0 Å². The van der Waals surface area contributed by atoms with Gasteiger partial charge in [0.1, 0.15) is 0 Å². The first-order chi connectivity index (χ1) is 8.60. The molecule has 0 saturated carbocycles. The summed E-state index contributed by atoms with van der Waals surface area (Å²) in [5.74, 6) is 0. The van der Waals surface area contributed by atoms with E-state index in [1.54, 1.807) is 22.7 Å². The molecule has 0 spiro atoms. The largest absolute Gasteiger partial charge is 0.329 e. The van der Waals surface area contributed by atoms with Gasteiger partial charge in [-0.15, -0.1) is 22.7 Å². The molecular weight excluding hydrogens is 330 g/mol. The molecule has 2 heterocycles. The second kappa shape index (κ2) is 6.25. The highest BCUT2D eigenvalue weighted by atomic mass is 79.9. The monoisotopic (exact) mass is 345 g/mol. The van der Waals surface area contributed by atoms with Gasteiger partial charge in [-0.25, -0.2) is 4.98 Å². The third-order valence-electron chi connectivity index (χ3n) is 2.76. The molecule has 2 N–H and O–H groups in total. The van der Waals surface area contributed by atoms with Crippen LogP contribution in [0.15, 0.2) is 21.3 Å². The van der Waals surface area contributed by atoms with Gasteiger partial charge < -0.3 is 5.73 Å². The number of aromatic nitrogens is 1. The van der Waals surface area contributed by atoms with E-state index in [4.69, 9.17) is 5.73 Å². The van der Waals surface area contributed by atoms with E-state index in [0.717, 1.165) is 21.0 Å². The molecule has 6 heteroatoms. The first-order valence-electron chi connectivity index (χ1n) is 5.66. The van der Waals surface area contributed by atoms with Crippen LogP contribution in [0.5, 0.6) is 0 Å². The van der Waals surface area contributed by atoms with Crippen molar-refractivity contribution in [3.8, 4) is 0 Å². The summed E-state index contributed by atoms with van der Waals surface area (Å²) in [5.41, 5.74) is 7.03. The molecule has 0 aromatic carbocycles. The Morgan fingerprint density at radius 2 is 2.28 bits per heavy atom. The Kier molecular flexibility index (Phi) is 4.91. The maximum atomic E-state index is 5.91. The summed E-state index contributed by atoms with van der Waals surface area (Å²) < 4.78 is 1.15. The van der Waals surface area contributed by atoms with Crippen molar-refractivity contribution >= 4 is 38.6 Å². The predicted octanol–water partition coefficient (Wildman–Crippen LogP) is 3.41. The summed E-state index contributed by atoms with van der Waals surface area (Å²) >= 11 is 6.93. The number of nitrogens with zero attached hydrogens (tertiary/aromatic N) is 2. The van der Waals surface area contributed by atoms with E-state index in [9.17, 15) is 0 Å². The van der Waals surface area contributed by atoms with Gasteiger partial charge in [-0.05, 0) is 42.0 Å². The molecule has 3 nitrogen and oxygen atoms in total. The lowest BCUT2D eigenvalue weighted by atomic mass is 10.2. The minimum Gasteiger partial charge on any atom is -0.329 e. The smallest absolute Gasteiger partial charge is 0.0897 e. The zero-order chi connectivity index (χ0) is 13.1. The number of thiazole rings is 1. The van der Waals surface area contributed by atoms with E-state index in [0.29, 0.717) is 6.54 Å². The van der Waals surface area contributed by atoms with E-state index in [2.05, 4.69) is 50.4 Å². The normalized spacial score (nSPS) is 13.2. The maximum Gasteiger partial charge on any atom is 0.0897 e. The van der Waals surface area contributed by atoms with Crippen LogP contribution in [0.2, 0.25) is 0 Å². The highest BCUT2D eigenvalue weighted by Gasteiger charge is 2.18. The van der Waals surface area contributed by atoms with Crippen molar-refractivity contribution in [1.29, 1.82) is 0 Å².